The van der Waals surface area contributed by atoms with E-state index in [2.05, 4.69) is 41.5 Å². The van der Waals surface area contributed by atoms with Gasteiger partial charge in [0.25, 0.3) is 0 Å². The van der Waals surface area contributed by atoms with Crippen LogP contribution in [0.15, 0.2) is 0 Å². The summed E-state index contributed by atoms with van der Waals surface area (Å²) in [6, 6.07) is 0. The molecule has 8 nitrogen and oxygen atoms in total. The average Bonchev–Trinajstić information content (AvgIpc) is 3.46. The molecule has 0 aromatic heterocycles. The predicted octanol–water partition coefficient (Wildman–Crippen LogP) is 6.31. The first-order chi connectivity index (χ1) is 19.7. The molecule has 11 unspecified atom stereocenters. The van der Waals surface area contributed by atoms with Crippen LogP contribution in [0.5, 0.6) is 0 Å². The molecule has 8 heteroatoms. The molecular formula is C35H56O8. The lowest BCUT2D eigenvalue weighted by molar-refractivity contribution is -0.276. The number of rotatable bonds is 6. The largest absolute Gasteiger partial charge is 0.481 e. The lowest BCUT2D eigenvalue weighted by atomic mass is 9.32. The van der Waals surface area contributed by atoms with Gasteiger partial charge in [0.2, 0.25) is 0 Å². The maximum Gasteiger partial charge on any atom is 0.317 e. The van der Waals surface area contributed by atoms with Crippen molar-refractivity contribution in [2.24, 2.45) is 44.8 Å². The number of carboxylic acid groups (broad SMARTS) is 1. The van der Waals surface area contributed by atoms with Crippen molar-refractivity contribution in [3.8, 4) is 0 Å². The molecule has 1 aliphatic heterocycles. The van der Waals surface area contributed by atoms with E-state index in [4.69, 9.17) is 19.3 Å². The summed E-state index contributed by atoms with van der Waals surface area (Å²) in [6.07, 6.45) is 6.91. The normalized spacial score (nSPS) is 47.2. The summed E-state index contributed by atoms with van der Waals surface area (Å²) in [5.74, 6) is -1.24. The highest BCUT2D eigenvalue weighted by atomic mass is 16.6. The number of carbonyl (C=O) groups is 3. The zero-order valence-corrected chi connectivity index (χ0v) is 28.0. The van der Waals surface area contributed by atoms with Gasteiger partial charge in [-0.3, -0.25) is 14.4 Å². The Hall–Kier alpha value is -1.67. The Bertz CT molecular complexity index is 1140. The number of hydrogen-bond donors (Lipinski definition) is 2. The Morgan fingerprint density at radius 1 is 0.860 bits per heavy atom. The molecule has 0 radical (unpaired) electrons. The Kier molecular flexibility index (Phi) is 7.94. The van der Waals surface area contributed by atoms with Gasteiger partial charge >= 0.3 is 17.9 Å². The van der Waals surface area contributed by atoms with Crippen molar-refractivity contribution in [3.63, 3.8) is 0 Å². The van der Waals surface area contributed by atoms with E-state index >= 15 is 0 Å². The second-order valence-corrected chi connectivity index (χ2v) is 17.0. The molecular weight excluding hydrogens is 548 g/mol. The lowest BCUT2D eigenvalue weighted by Crippen LogP contribution is -2.69. The molecule has 0 bridgehead atoms. The topological polar surface area (TPSA) is 119 Å². The van der Waals surface area contributed by atoms with Crippen molar-refractivity contribution in [2.45, 2.75) is 157 Å². The van der Waals surface area contributed by atoms with Crippen molar-refractivity contribution in [2.75, 3.05) is 0 Å². The van der Waals surface area contributed by atoms with Gasteiger partial charge in [0.15, 0.2) is 0 Å². The van der Waals surface area contributed by atoms with E-state index < -0.39 is 24.0 Å². The fourth-order valence-electron chi connectivity index (χ4n) is 12.0. The molecule has 11 atom stereocenters. The molecule has 0 aromatic carbocycles. The van der Waals surface area contributed by atoms with E-state index in [-0.39, 0.29) is 69.3 Å². The van der Waals surface area contributed by atoms with Gasteiger partial charge in [0.1, 0.15) is 18.6 Å². The van der Waals surface area contributed by atoms with E-state index in [1.807, 2.05) is 13.8 Å². The van der Waals surface area contributed by atoms with E-state index in [9.17, 15) is 19.5 Å². The molecule has 0 aromatic rings. The Labute approximate surface area is 258 Å². The number of carbonyl (C=O) groups excluding carboxylic acids is 2. The number of aliphatic carboxylic acids is 1. The first-order valence-electron chi connectivity index (χ1n) is 16.7. The number of aliphatic hydroxyl groups is 1. The third kappa shape index (κ3) is 4.78. The van der Waals surface area contributed by atoms with Crippen LogP contribution in [0.1, 0.15) is 127 Å². The van der Waals surface area contributed by atoms with Gasteiger partial charge in [-0.15, -0.1) is 0 Å². The Morgan fingerprint density at radius 2 is 1.53 bits per heavy atom. The lowest BCUT2D eigenvalue weighted by Gasteiger charge is -2.73. The zero-order valence-electron chi connectivity index (χ0n) is 28.0. The van der Waals surface area contributed by atoms with Gasteiger partial charge in [-0.05, 0) is 106 Å². The second-order valence-electron chi connectivity index (χ2n) is 17.0. The molecule has 1 saturated heterocycles. The molecule has 4 aliphatic carbocycles. The van der Waals surface area contributed by atoms with Crippen LogP contribution in [0.2, 0.25) is 0 Å². The fraction of sp³-hybridized carbons (Fsp3) is 0.914. The van der Waals surface area contributed by atoms with Crippen LogP contribution >= 0.6 is 0 Å². The van der Waals surface area contributed by atoms with Crippen LogP contribution in [0, 0.1) is 44.8 Å². The van der Waals surface area contributed by atoms with Crippen LogP contribution in [-0.4, -0.2) is 58.1 Å². The molecule has 2 N–H and O–H groups in total. The van der Waals surface area contributed by atoms with Crippen molar-refractivity contribution in [3.05, 3.63) is 0 Å². The summed E-state index contributed by atoms with van der Waals surface area (Å²) in [6.45, 7) is 19.3. The maximum atomic E-state index is 12.7. The molecule has 0 spiro atoms. The number of fused-ring (bicyclic) bond motifs is 5. The van der Waals surface area contributed by atoms with Crippen molar-refractivity contribution in [1.82, 2.24) is 0 Å². The van der Waals surface area contributed by atoms with Crippen LogP contribution < -0.4 is 0 Å². The average molecular weight is 605 g/mol. The third-order valence-corrected chi connectivity index (χ3v) is 14.4. The minimum atomic E-state index is -1.17. The van der Waals surface area contributed by atoms with Crippen molar-refractivity contribution >= 4 is 17.9 Å². The molecule has 244 valence electrons. The number of hydrogen-bond acceptors (Lipinski definition) is 7. The summed E-state index contributed by atoms with van der Waals surface area (Å²) in [5, 5.41) is 19.8. The van der Waals surface area contributed by atoms with Crippen LogP contribution in [0.3, 0.4) is 0 Å². The van der Waals surface area contributed by atoms with Crippen molar-refractivity contribution in [1.29, 1.82) is 0 Å². The van der Waals surface area contributed by atoms with E-state index in [0.717, 1.165) is 51.4 Å². The summed E-state index contributed by atoms with van der Waals surface area (Å²) >= 11 is 0. The smallest absolute Gasteiger partial charge is 0.317 e. The standard InChI is InChI=1S/C35H56O8/c1-20(36)41-27-18-24-32(6)15-14-25(43-29(39)19-28(37)38)30(2,3)23(32)13-16-33(24,7)34(8)17-12-21(35(27,34)9)22-10-11-26(42-22)31(4,5)40/h21-27,40H,10-19H2,1-9H3,(H,37,38). The first-order valence-corrected chi connectivity index (χ1v) is 16.7. The molecule has 0 amide bonds. The quantitative estimate of drug-likeness (QED) is 0.268. The SMILES string of the molecule is CC(=O)OC1CC2C3(C)CCC(OC(=O)CC(=O)O)C(C)(C)C3CCC2(C)C2(C)CCC(C3CCC(C(C)(C)O)O3)C12C. The minimum Gasteiger partial charge on any atom is -0.481 e. The third-order valence-electron chi connectivity index (χ3n) is 14.4. The fourth-order valence-corrected chi connectivity index (χ4v) is 12.0. The minimum absolute atomic E-state index is 0.00948. The number of carboxylic acids is 1. The van der Waals surface area contributed by atoms with Gasteiger partial charge in [-0.25, -0.2) is 0 Å². The summed E-state index contributed by atoms with van der Waals surface area (Å²) in [7, 11) is 0. The highest BCUT2D eigenvalue weighted by molar-refractivity contribution is 5.90. The van der Waals surface area contributed by atoms with E-state index in [0.29, 0.717) is 12.3 Å². The molecule has 43 heavy (non-hydrogen) atoms. The first kappa shape index (κ1) is 32.7. The summed E-state index contributed by atoms with van der Waals surface area (Å²) in [4.78, 5) is 36.3. The Balaban J connectivity index is 1.49. The van der Waals surface area contributed by atoms with Crippen LogP contribution in [0.25, 0.3) is 0 Å². The Morgan fingerprint density at radius 3 is 2.12 bits per heavy atom. The van der Waals surface area contributed by atoms with E-state index in [1.165, 1.54) is 6.92 Å². The maximum absolute atomic E-state index is 12.7. The van der Waals surface area contributed by atoms with Gasteiger partial charge < -0.3 is 24.4 Å². The van der Waals surface area contributed by atoms with Gasteiger partial charge in [0, 0.05) is 17.8 Å². The predicted molar refractivity (Wildman–Crippen MR) is 161 cm³/mol. The zero-order chi connectivity index (χ0) is 32.0. The molecule has 4 saturated carbocycles. The highest BCUT2D eigenvalue weighted by Crippen LogP contribution is 2.79. The van der Waals surface area contributed by atoms with Gasteiger partial charge in [-0.1, -0.05) is 41.5 Å². The number of ether oxygens (including phenoxy) is 3. The van der Waals surface area contributed by atoms with Crippen LogP contribution in [0.4, 0.5) is 0 Å². The molecule has 5 fully saturated rings. The summed E-state index contributed by atoms with van der Waals surface area (Å²) < 4.78 is 18.8. The van der Waals surface area contributed by atoms with E-state index in [1.54, 1.807) is 0 Å². The monoisotopic (exact) mass is 604 g/mol. The number of esters is 2. The van der Waals surface area contributed by atoms with Gasteiger partial charge in [-0.2, -0.15) is 0 Å². The molecule has 5 aliphatic rings. The second kappa shape index (κ2) is 10.4. The molecule has 5 rings (SSSR count). The summed E-state index contributed by atoms with van der Waals surface area (Å²) in [5.41, 5.74) is -1.61. The van der Waals surface area contributed by atoms with Crippen LogP contribution in [-0.2, 0) is 28.6 Å². The van der Waals surface area contributed by atoms with Gasteiger partial charge in [0.05, 0.1) is 17.8 Å². The highest BCUT2D eigenvalue weighted by Gasteiger charge is 2.76. The molecule has 1 heterocycles. The van der Waals surface area contributed by atoms with Crippen molar-refractivity contribution < 1.29 is 38.8 Å².